The molecular formula is C23H24F2N4O3S. The summed E-state index contributed by atoms with van der Waals surface area (Å²) < 4.78 is 56.4. The van der Waals surface area contributed by atoms with Gasteiger partial charge in [0.15, 0.2) is 0 Å². The van der Waals surface area contributed by atoms with Gasteiger partial charge in [0.2, 0.25) is 15.9 Å². The normalized spacial score (nSPS) is 16.5. The van der Waals surface area contributed by atoms with Crippen LogP contribution in [-0.2, 0) is 21.9 Å². The Labute approximate surface area is 191 Å². The highest BCUT2D eigenvalue weighted by molar-refractivity contribution is 7.89. The fourth-order valence-corrected chi connectivity index (χ4v) is 5.49. The van der Waals surface area contributed by atoms with Crippen LogP contribution >= 0.6 is 0 Å². The van der Waals surface area contributed by atoms with Crippen molar-refractivity contribution in [2.45, 2.75) is 23.8 Å². The van der Waals surface area contributed by atoms with Crippen molar-refractivity contribution in [3.63, 3.8) is 0 Å². The van der Waals surface area contributed by atoms with Crippen LogP contribution in [0.25, 0.3) is 0 Å². The molecule has 4 rings (SSSR count). The molecule has 0 aliphatic carbocycles. The fraction of sp³-hybridized carbons (Fsp3) is 0.304. The Bertz CT molecular complexity index is 1240. The Morgan fingerprint density at radius 1 is 1.09 bits per heavy atom. The number of carbonyl (C=O) groups is 1. The average molecular weight is 475 g/mol. The standard InChI is InChI=1S/C23H24F2N4O3S/c1-28-15-12-26-22(28)21(19-4-2-3-5-20(19)25)27-23(30)16-10-13-29(14-11-16)33(31,32)18-8-6-17(24)7-9-18/h2-9,12,15-16,21H,10-11,13-14H2,1H3,(H,27,30)/t21-/m1/s1. The fourth-order valence-electron chi connectivity index (χ4n) is 4.02. The summed E-state index contributed by atoms with van der Waals surface area (Å²) in [4.78, 5) is 17.4. The second-order valence-corrected chi connectivity index (χ2v) is 9.93. The molecule has 174 valence electrons. The predicted molar refractivity (Wildman–Crippen MR) is 117 cm³/mol. The SMILES string of the molecule is Cn1ccnc1[C@H](NC(=O)C1CCN(S(=O)(=O)c2ccc(F)cc2)CC1)c1ccccc1F. The summed E-state index contributed by atoms with van der Waals surface area (Å²) in [6.07, 6.45) is 3.93. The number of carbonyl (C=O) groups excluding carboxylic acids is 1. The number of imidazole rings is 1. The number of amides is 1. The number of rotatable bonds is 6. The van der Waals surface area contributed by atoms with Crippen molar-refractivity contribution in [3.8, 4) is 0 Å². The van der Waals surface area contributed by atoms with E-state index in [-0.39, 0.29) is 23.9 Å². The minimum Gasteiger partial charge on any atom is -0.342 e. The van der Waals surface area contributed by atoms with Crippen molar-refractivity contribution in [2.24, 2.45) is 13.0 Å². The van der Waals surface area contributed by atoms with Crippen LogP contribution in [0.1, 0.15) is 30.3 Å². The third-order valence-electron chi connectivity index (χ3n) is 5.90. The topological polar surface area (TPSA) is 84.3 Å². The molecule has 10 heteroatoms. The molecule has 1 amide bonds. The number of aryl methyl sites for hydroxylation is 1. The molecule has 7 nitrogen and oxygen atoms in total. The minimum absolute atomic E-state index is 0.0150. The lowest BCUT2D eigenvalue weighted by molar-refractivity contribution is -0.126. The van der Waals surface area contributed by atoms with Crippen LogP contribution in [-0.4, -0.2) is 41.3 Å². The molecule has 1 N–H and O–H groups in total. The lowest BCUT2D eigenvalue weighted by Gasteiger charge is -2.31. The van der Waals surface area contributed by atoms with E-state index in [0.29, 0.717) is 24.2 Å². The highest BCUT2D eigenvalue weighted by Gasteiger charge is 2.34. The van der Waals surface area contributed by atoms with E-state index in [2.05, 4.69) is 10.3 Å². The first-order chi connectivity index (χ1) is 15.8. The summed E-state index contributed by atoms with van der Waals surface area (Å²) in [7, 11) is -2.00. The van der Waals surface area contributed by atoms with E-state index in [4.69, 9.17) is 0 Å². The van der Waals surface area contributed by atoms with Crippen LogP contribution in [0.4, 0.5) is 8.78 Å². The molecule has 0 saturated carbocycles. The van der Waals surface area contributed by atoms with Crippen molar-refractivity contribution in [1.82, 2.24) is 19.2 Å². The molecule has 0 bridgehead atoms. The first-order valence-corrected chi connectivity index (χ1v) is 12.0. The van der Waals surface area contributed by atoms with Crippen molar-refractivity contribution in [2.75, 3.05) is 13.1 Å². The first kappa shape index (κ1) is 23.1. The zero-order chi connectivity index (χ0) is 23.6. The maximum Gasteiger partial charge on any atom is 0.243 e. The van der Waals surface area contributed by atoms with Gasteiger partial charge in [0, 0.05) is 44.0 Å². The van der Waals surface area contributed by atoms with Crippen LogP contribution in [0.3, 0.4) is 0 Å². The average Bonchev–Trinajstić information content (AvgIpc) is 3.24. The molecule has 0 unspecified atom stereocenters. The molecule has 0 spiro atoms. The maximum atomic E-state index is 14.5. The number of hydrogen-bond acceptors (Lipinski definition) is 4. The van der Waals surface area contributed by atoms with Crippen molar-refractivity contribution in [1.29, 1.82) is 0 Å². The van der Waals surface area contributed by atoms with Crippen LogP contribution < -0.4 is 5.32 Å². The Hall–Kier alpha value is -3.11. The van der Waals surface area contributed by atoms with Crippen molar-refractivity contribution in [3.05, 3.63) is 83.9 Å². The zero-order valence-corrected chi connectivity index (χ0v) is 18.8. The Morgan fingerprint density at radius 2 is 1.76 bits per heavy atom. The van der Waals surface area contributed by atoms with Crippen LogP contribution in [0.5, 0.6) is 0 Å². The van der Waals surface area contributed by atoms with E-state index >= 15 is 0 Å². The molecule has 1 saturated heterocycles. The Kier molecular flexibility index (Phi) is 6.57. The molecule has 33 heavy (non-hydrogen) atoms. The molecule has 1 aromatic heterocycles. The third kappa shape index (κ3) is 4.81. The van der Waals surface area contributed by atoms with E-state index in [1.54, 1.807) is 42.2 Å². The molecule has 2 aromatic carbocycles. The summed E-state index contributed by atoms with van der Waals surface area (Å²) in [5, 5.41) is 2.91. The zero-order valence-electron chi connectivity index (χ0n) is 18.0. The van der Waals surface area contributed by atoms with Gasteiger partial charge in [0.25, 0.3) is 0 Å². The molecule has 1 fully saturated rings. The van der Waals surface area contributed by atoms with E-state index in [0.717, 1.165) is 12.1 Å². The molecular weight excluding hydrogens is 450 g/mol. The number of aromatic nitrogens is 2. The van der Waals surface area contributed by atoms with Gasteiger partial charge in [0.05, 0.1) is 4.90 Å². The van der Waals surface area contributed by atoms with Gasteiger partial charge in [0.1, 0.15) is 23.5 Å². The molecule has 2 heterocycles. The minimum atomic E-state index is -3.77. The molecule has 1 atom stereocenters. The van der Waals surface area contributed by atoms with Gasteiger partial charge in [-0.15, -0.1) is 0 Å². The van der Waals surface area contributed by atoms with Gasteiger partial charge in [-0.05, 0) is 43.2 Å². The van der Waals surface area contributed by atoms with E-state index in [1.165, 1.54) is 22.5 Å². The quantitative estimate of drug-likeness (QED) is 0.595. The highest BCUT2D eigenvalue weighted by Crippen LogP contribution is 2.27. The maximum absolute atomic E-state index is 14.5. The number of nitrogens with one attached hydrogen (secondary N) is 1. The summed E-state index contributed by atoms with van der Waals surface area (Å²) in [5.41, 5.74) is 0.302. The Balaban J connectivity index is 1.47. The molecule has 1 aliphatic heterocycles. The van der Waals surface area contributed by atoms with Gasteiger partial charge in [-0.2, -0.15) is 4.31 Å². The summed E-state index contributed by atoms with van der Waals surface area (Å²) in [5.74, 6) is -1.19. The van der Waals surface area contributed by atoms with Crippen LogP contribution in [0, 0.1) is 17.6 Å². The lowest BCUT2D eigenvalue weighted by Crippen LogP contribution is -2.44. The summed E-state index contributed by atoms with van der Waals surface area (Å²) in [6, 6.07) is 10.1. The second kappa shape index (κ2) is 9.40. The van der Waals surface area contributed by atoms with Gasteiger partial charge in [-0.3, -0.25) is 4.79 Å². The largest absolute Gasteiger partial charge is 0.342 e. The first-order valence-electron chi connectivity index (χ1n) is 10.5. The van der Waals surface area contributed by atoms with Gasteiger partial charge in [-0.1, -0.05) is 18.2 Å². The number of nitrogens with zero attached hydrogens (tertiary/aromatic N) is 3. The smallest absolute Gasteiger partial charge is 0.243 e. The van der Waals surface area contributed by atoms with Crippen molar-refractivity contribution >= 4 is 15.9 Å². The molecule has 3 aromatic rings. The second-order valence-electron chi connectivity index (χ2n) is 7.99. The predicted octanol–water partition coefficient (Wildman–Crippen LogP) is 3.00. The number of benzene rings is 2. The Morgan fingerprint density at radius 3 is 2.36 bits per heavy atom. The van der Waals surface area contributed by atoms with Crippen molar-refractivity contribution < 1.29 is 22.0 Å². The lowest BCUT2D eigenvalue weighted by atomic mass is 9.96. The number of hydrogen-bond donors (Lipinski definition) is 1. The molecule has 1 aliphatic rings. The van der Waals surface area contributed by atoms with E-state index < -0.39 is 33.6 Å². The van der Waals surface area contributed by atoms with Gasteiger partial charge in [-0.25, -0.2) is 22.2 Å². The van der Waals surface area contributed by atoms with Crippen LogP contribution in [0.15, 0.2) is 65.8 Å². The van der Waals surface area contributed by atoms with Crippen LogP contribution in [0.2, 0.25) is 0 Å². The van der Waals surface area contributed by atoms with Gasteiger partial charge < -0.3 is 9.88 Å². The molecule has 0 radical (unpaired) electrons. The third-order valence-corrected chi connectivity index (χ3v) is 7.81. The summed E-state index contributed by atoms with van der Waals surface area (Å²) in [6.45, 7) is 0.315. The highest BCUT2D eigenvalue weighted by atomic mass is 32.2. The number of halogens is 2. The monoisotopic (exact) mass is 474 g/mol. The van der Waals surface area contributed by atoms with E-state index in [9.17, 15) is 22.0 Å². The summed E-state index contributed by atoms with van der Waals surface area (Å²) >= 11 is 0. The van der Waals surface area contributed by atoms with E-state index in [1.807, 2.05) is 0 Å². The number of piperidine rings is 1. The number of sulfonamides is 1. The van der Waals surface area contributed by atoms with Gasteiger partial charge >= 0.3 is 0 Å².